The monoisotopic (exact) mass is 637 g/mol. The van der Waals surface area contributed by atoms with E-state index >= 15 is 0 Å². The standard InChI is InChI=1S/C43H43NO4/c1-6-42(7-2)36-11-9-8-10-32(36)39-34-26-37(45-4)38(46-5)27-35(34)41-33(40(39)42)20-21-43(48-41,29-14-12-28(3)13-15-29)30-16-18-31(19-17-30)44-22-24-47-25-23-44/h8-21,26-27H,6-7,22-25H2,1-5H3. The predicted molar refractivity (Wildman–Crippen MR) is 195 cm³/mol. The Morgan fingerprint density at radius 1 is 0.771 bits per heavy atom. The lowest BCUT2D eigenvalue weighted by atomic mass is 9.71. The van der Waals surface area contributed by atoms with Crippen LogP contribution in [-0.4, -0.2) is 40.5 Å². The van der Waals surface area contributed by atoms with E-state index in [0.717, 1.165) is 72.4 Å². The highest BCUT2D eigenvalue weighted by Gasteiger charge is 2.47. The van der Waals surface area contributed by atoms with Gasteiger partial charge in [-0.05, 0) is 77.7 Å². The first-order valence-corrected chi connectivity index (χ1v) is 17.2. The summed E-state index contributed by atoms with van der Waals surface area (Å²) in [5.41, 5.74) is 10.0. The van der Waals surface area contributed by atoms with Gasteiger partial charge in [0.25, 0.3) is 0 Å². The summed E-state index contributed by atoms with van der Waals surface area (Å²) in [5, 5.41) is 2.14. The number of anilines is 1. The highest BCUT2D eigenvalue weighted by molar-refractivity contribution is 6.09. The van der Waals surface area contributed by atoms with Crippen molar-refractivity contribution in [2.75, 3.05) is 45.4 Å². The molecule has 5 nitrogen and oxygen atoms in total. The molecule has 2 aliphatic heterocycles. The fraction of sp³-hybridized carbons (Fsp3) is 0.302. The van der Waals surface area contributed by atoms with Crippen molar-refractivity contribution < 1.29 is 18.9 Å². The maximum absolute atomic E-state index is 7.59. The molecule has 48 heavy (non-hydrogen) atoms. The number of aryl methyl sites for hydroxylation is 1. The number of nitrogens with zero attached hydrogens (tertiary/aromatic N) is 1. The zero-order valence-corrected chi connectivity index (χ0v) is 28.6. The van der Waals surface area contributed by atoms with Crippen LogP contribution in [0.3, 0.4) is 0 Å². The second-order valence-corrected chi connectivity index (χ2v) is 13.3. The molecular formula is C43H43NO4. The van der Waals surface area contributed by atoms with Gasteiger partial charge in [-0.3, -0.25) is 0 Å². The van der Waals surface area contributed by atoms with Gasteiger partial charge in [0.2, 0.25) is 0 Å². The van der Waals surface area contributed by atoms with Crippen LogP contribution >= 0.6 is 0 Å². The molecule has 0 saturated carbocycles. The van der Waals surface area contributed by atoms with Gasteiger partial charge in [0.1, 0.15) is 5.75 Å². The van der Waals surface area contributed by atoms with Gasteiger partial charge >= 0.3 is 0 Å². The minimum absolute atomic E-state index is 0.144. The van der Waals surface area contributed by atoms with E-state index in [9.17, 15) is 0 Å². The van der Waals surface area contributed by atoms with Crippen LogP contribution in [0, 0.1) is 6.92 Å². The van der Waals surface area contributed by atoms with Gasteiger partial charge in [-0.2, -0.15) is 0 Å². The van der Waals surface area contributed by atoms with E-state index < -0.39 is 5.60 Å². The van der Waals surface area contributed by atoms with Crippen LogP contribution in [0.4, 0.5) is 5.69 Å². The summed E-state index contributed by atoms with van der Waals surface area (Å²) >= 11 is 0. The predicted octanol–water partition coefficient (Wildman–Crippen LogP) is 9.44. The molecular weight excluding hydrogens is 594 g/mol. The summed E-state index contributed by atoms with van der Waals surface area (Å²) in [7, 11) is 3.41. The molecule has 0 bridgehead atoms. The minimum atomic E-state index is -0.842. The number of hydrogen-bond acceptors (Lipinski definition) is 5. The van der Waals surface area contributed by atoms with Gasteiger partial charge in [-0.25, -0.2) is 0 Å². The lowest BCUT2D eigenvalue weighted by Crippen LogP contribution is -2.37. The summed E-state index contributed by atoms with van der Waals surface area (Å²) in [6.45, 7) is 10.1. The molecule has 0 aromatic heterocycles. The Morgan fingerprint density at radius 2 is 1.40 bits per heavy atom. The first kappa shape index (κ1) is 30.6. The topological polar surface area (TPSA) is 40.2 Å². The van der Waals surface area contributed by atoms with Gasteiger partial charge in [0, 0.05) is 46.3 Å². The number of fused-ring (bicyclic) bond motifs is 8. The molecule has 0 radical (unpaired) electrons. The van der Waals surface area contributed by atoms with Crippen LogP contribution in [0.5, 0.6) is 17.2 Å². The number of ether oxygens (including phenoxy) is 4. The smallest absolute Gasteiger partial charge is 0.178 e. The van der Waals surface area contributed by atoms with Crippen molar-refractivity contribution in [3.8, 4) is 28.4 Å². The van der Waals surface area contributed by atoms with E-state index in [0.29, 0.717) is 11.5 Å². The molecule has 244 valence electrons. The summed E-state index contributed by atoms with van der Waals surface area (Å²) in [4.78, 5) is 2.39. The number of morpholine rings is 1. The van der Waals surface area contributed by atoms with Crippen LogP contribution in [0.15, 0.2) is 91.0 Å². The Balaban J connectivity index is 1.41. The number of rotatable bonds is 7. The van der Waals surface area contributed by atoms with Gasteiger partial charge in [0.15, 0.2) is 17.1 Å². The maximum atomic E-state index is 7.59. The molecule has 1 atom stereocenters. The average Bonchev–Trinajstić information content (AvgIpc) is 3.45. The summed E-state index contributed by atoms with van der Waals surface area (Å²) < 4.78 is 25.0. The first-order valence-electron chi connectivity index (χ1n) is 17.2. The molecule has 2 heterocycles. The summed E-state index contributed by atoms with van der Waals surface area (Å²) in [5.74, 6) is 2.28. The van der Waals surface area contributed by atoms with Crippen molar-refractivity contribution in [1.29, 1.82) is 0 Å². The van der Waals surface area contributed by atoms with Gasteiger partial charge in [-0.15, -0.1) is 0 Å². The molecule has 0 N–H and O–H groups in total. The first-order chi connectivity index (χ1) is 23.5. The average molecular weight is 638 g/mol. The third-order valence-corrected chi connectivity index (χ3v) is 11.1. The molecule has 0 spiro atoms. The van der Waals surface area contributed by atoms with Crippen LogP contribution in [-0.2, 0) is 15.8 Å². The highest BCUT2D eigenvalue weighted by atomic mass is 16.5. The van der Waals surface area contributed by atoms with Crippen molar-refractivity contribution >= 4 is 22.5 Å². The molecule has 1 unspecified atom stereocenters. The molecule has 1 aliphatic carbocycles. The van der Waals surface area contributed by atoms with Crippen LogP contribution in [0.2, 0.25) is 0 Å². The maximum Gasteiger partial charge on any atom is 0.178 e. The van der Waals surface area contributed by atoms with E-state index in [1.165, 1.54) is 33.5 Å². The second kappa shape index (κ2) is 11.7. The van der Waals surface area contributed by atoms with Crippen LogP contribution in [0.1, 0.15) is 60.1 Å². The lowest BCUT2D eigenvalue weighted by molar-refractivity contribution is 0.122. The zero-order chi connectivity index (χ0) is 33.0. The lowest BCUT2D eigenvalue weighted by Gasteiger charge is -2.39. The van der Waals surface area contributed by atoms with Crippen molar-refractivity contribution in [1.82, 2.24) is 0 Å². The number of benzene rings is 5. The molecule has 1 fully saturated rings. The molecule has 5 heteroatoms. The van der Waals surface area contributed by atoms with Crippen LogP contribution < -0.4 is 19.1 Å². The van der Waals surface area contributed by atoms with E-state index in [-0.39, 0.29) is 5.41 Å². The van der Waals surface area contributed by atoms with Crippen LogP contribution in [0.25, 0.3) is 28.0 Å². The van der Waals surface area contributed by atoms with Crippen molar-refractivity contribution in [3.63, 3.8) is 0 Å². The van der Waals surface area contributed by atoms with E-state index in [1.807, 2.05) is 0 Å². The van der Waals surface area contributed by atoms with Gasteiger partial charge in [0.05, 0.1) is 27.4 Å². The summed E-state index contributed by atoms with van der Waals surface area (Å²) in [6, 6.07) is 30.9. The molecule has 0 amide bonds. The van der Waals surface area contributed by atoms with Crippen molar-refractivity contribution in [2.45, 2.75) is 44.6 Å². The number of methoxy groups -OCH3 is 2. The van der Waals surface area contributed by atoms with Gasteiger partial charge < -0.3 is 23.8 Å². The Morgan fingerprint density at radius 3 is 2.04 bits per heavy atom. The number of hydrogen-bond donors (Lipinski definition) is 0. The minimum Gasteiger partial charge on any atom is -0.493 e. The highest BCUT2D eigenvalue weighted by Crippen LogP contribution is 2.61. The van der Waals surface area contributed by atoms with Crippen molar-refractivity contribution in [2.24, 2.45) is 0 Å². The van der Waals surface area contributed by atoms with Crippen molar-refractivity contribution in [3.05, 3.63) is 124 Å². The second-order valence-electron chi connectivity index (χ2n) is 13.3. The molecule has 1 saturated heterocycles. The SMILES string of the molecule is CCC1(CC)c2ccccc2-c2c1c1c(c3cc(OC)c(OC)cc23)OC(c2ccc(C)cc2)(c2ccc(N3CCOCC3)cc2)C=C1. The van der Waals surface area contributed by atoms with E-state index in [1.54, 1.807) is 14.2 Å². The largest absolute Gasteiger partial charge is 0.493 e. The normalized spacial score (nSPS) is 19.0. The Hall–Kier alpha value is -4.74. The third kappa shape index (κ3) is 4.40. The third-order valence-electron chi connectivity index (χ3n) is 11.1. The molecule has 5 aromatic carbocycles. The fourth-order valence-electron chi connectivity index (χ4n) is 8.50. The Kier molecular flexibility index (Phi) is 7.48. The zero-order valence-electron chi connectivity index (χ0n) is 28.6. The molecule has 8 rings (SSSR count). The van der Waals surface area contributed by atoms with E-state index in [4.69, 9.17) is 18.9 Å². The van der Waals surface area contributed by atoms with Gasteiger partial charge in [-0.1, -0.05) is 86.2 Å². The Labute approximate surface area is 283 Å². The molecule has 3 aliphatic rings. The Bertz CT molecular complexity index is 2040. The quantitative estimate of drug-likeness (QED) is 0.178. The summed E-state index contributed by atoms with van der Waals surface area (Å²) in [6.07, 6.45) is 6.60. The van der Waals surface area contributed by atoms with E-state index in [2.05, 4.69) is 123 Å². The molecule has 5 aromatic rings. The fourth-order valence-corrected chi connectivity index (χ4v) is 8.50.